The van der Waals surface area contributed by atoms with Crippen molar-refractivity contribution in [2.24, 2.45) is 5.92 Å². The third kappa shape index (κ3) is 3.94. The number of carboxylic acid groups (broad SMARTS) is 1. The van der Waals surface area contributed by atoms with Crippen LogP contribution in [0.3, 0.4) is 0 Å². The topological polar surface area (TPSA) is 59.0 Å². The molecule has 1 N–H and O–H groups in total. The first-order valence-electron chi connectivity index (χ1n) is 9.09. The van der Waals surface area contributed by atoms with Gasteiger partial charge in [-0.3, -0.25) is 9.69 Å². The van der Waals surface area contributed by atoms with Crippen LogP contribution < -0.4 is 9.47 Å². The van der Waals surface area contributed by atoms with Crippen LogP contribution in [0.25, 0.3) is 0 Å². The summed E-state index contributed by atoms with van der Waals surface area (Å²) in [6.45, 7) is 0.850. The van der Waals surface area contributed by atoms with Crippen LogP contribution in [-0.2, 0) is 4.79 Å². The van der Waals surface area contributed by atoms with Gasteiger partial charge >= 0.3 is 5.97 Å². The summed E-state index contributed by atoms with van der Waals surface area (Å²) in [7, 11) is 3.01. The lowest BCUT2D eigenvalue weighted by Gasteiger charge is -2.38. The first-order valence-corrected chi connectivity index (χ1v) is 9.09. The van der Waals surface area contributed by atoms with Crippen LogP contribution in [0, 0.1) is 17.6 Å². The molecule has 2 atom stereocenters. The number of piperidine rings is 1. The zero-order valence-electron chi connectivity index (χ0n) is 15.8. The second-order valence-corrected chi connectivity index (χ2v) is 6.82. The SMILES string of the molecule is COc1cccc(C(c2ccc(F)cc2F)N2CCCC(C(=O)O)C2)c1OC. The number of carboxylic acids is 1. The number of benzene rings is 2. The van der Waals surface area contributed by atoms with Crippen molar-refractivity contribution in [3.05, 3.63) is 59.2 Å². The van der Waals surface area contributed by atoms with E-state index in [-0.39, 0.29) is 12.1 Å². The molecule has 1 saturated heterocycles. The molecule has 1 heterocycles. The molecule has 5 nitrogen and oxygen atoms in total. The Morgan fingerprint density at radius 1 is 1.18 bits per heavy atom. The standard InChI is InChI=1S/C21H23F2NO4/c1-27-18-7-3-6-16(20(18)28-2)19(15-9-8-14(22)11-17(15)23)24-10-4-5-13(12-24)21(25)26/h3,6-9,11,13,19H,4-5,10,12H2,1-2H3,(H,25,26). The van der Waals surface area contributed by atoms with E-state index in [9.17, 15) is 18.7 Å². The number of ether oxygens (including phenoxy) is 2. The summed E-state index contributed by atoms with van der Waals surface area (Å²) in [4.78, 5) is 13.4. The number of carbonyl (C=O) groups is 1. The van der Waals surface area contributed by atoms with E-state index in [0.29, 0.717) is 36.4 Å². The summed E-state index contributed by atoms with van der Waals surface area (Å²) in [5, 5.41) is 9.46. The smallest absolute Gasteiger partial charge is 0.307 e. The maximum atomic E-state index is 14.8. The molecule has 0 spiro atoms. The monoisotopic (exact) mass is 391 g/mol. The van der Waals surface area contributed by atoms with Crippen LogP contribution in [0.4, 0.5) is 8.78 Å². The number of para-hydroxylation sites is 1. The maximum Gasteiger partial charge on any atom is 0.307 e. The Balaban J connectivity index is 2.14. The van der Waals surface area contributed by atoms with Crippen LogP contribution in [0.2, 0.25) is 0 Å². The summed E-state index contributed by atoms with van der Waals surface area (Å²) >= 11 is 0. The maximum absolute atomic E-state index is 14.8. The summed E-state index contributed by atoms with van der Waals surface area (Å²) in [5.74, 6) is -1.85. The second kappa shape index (κ2) is 8.56. The molecule has 1 aliphatic heterocycles. The molecular formula is C21H23F2NO4. The first kappa shape index (κ1) is 20.1. The summed E-state index contributed by atoms with van der Waals surface area (Å²) in [6.07, 6.45) is 1.24. The van der Waals surface area contributed by atoms with Gasteiger partial charge in [-0.15, -0.1) is 0 Å². The van der Waals surface area contributed by atoms with E-state index < -0.39 is 29.6 Å². The number of aliphatic carboxylic acids is 1. The number of nitrogens with zero attached hydrogens (tertiary/aromatic N) is 1. The van der Waals surface area contributed by atoms with Crippen molar-refractivity contribution in [3.8, 4) is 11.5 Å². The predicted molar refractivity (Wildman–Crippen MR) is 99.7 cm³/mol. The molecule has 0 aliphatic carbocycles. The summed E-state index contributed by atoms with van der Waals surface area (Å²) < 4.78 is 39.2. The fourth-order valence-electron chi connectivity index (χ4n) is 3.85. The van der Waals surface area contributed by atoms with Gasteiger partial charge < -0.3 is 14.6 Å². The lowest BCUT2D eigenvalue weighted by Crippen LogP contribution is -2.41. The molecule has 150 valence electrons. The van der Waals surface area contributed by atoms with Gasteiger partial charge in [-0.2, -0.15) is 0 Å². The number of rotatable bonds is 6. The number of hydrogen-bond donors (Lipinski definition) is 1. The highest BCUT2D eigenvalue weighted by atomic mass is 19.1. The number of likely N-dealkylation sites (tertiary alicyclic amines) is 1. The van der Waals surface area contributed by atoms with Gasteiger partial charge in [0.15, 0.2) is 11.5 Å². The fraction of sp³-hybridized carbons (Fsp3) is 0.381. The number of halogens is 2. The van der Waals surface area contributed by atoms with Crippen molar-refractivity contribution in [1.82, 2.24) is 4.90 Å². The Morgan fingerprint density at radius 3 is 2.61 bits per heavy atom. The van der Waals surface area contributed by atoms with Crippen LogP contribution in [0.5, 0.6) is 11.5 Å². The van der Waals surface area contributed by atoms with Crippen LogP contribution in [-0.4, -0.2) is 43.3 Å². The van der Waals surface area contributed by atoms with Crippen molar-refractivity contribution in [2.75, 3.05) is 27.3 Å². The highest BCUT2D eigenvalue weighted by Crippen LogP contribution is 2.42. The van der Waals surface area contributed by atoms with Gasteiger partial charge in [-0.25, -0.2) is 8.78 Å². The molecule has 1 fully saturated rings. The highest BCUT2D eigenvalue weighted by molar-refractivity contribution is 5.70. The molecule has 7 heteroatoms. The van der Waals surface area contributed by atoms with E-state index in [1.807, 2.05) is 4.90 Å². The van der Waals surface area contributed by atoms with Gasteiger partial charge in [0.05, 0.1) is 26.2 Å². The van der Waals surface area contributed by atoms with Gasteiger partial charge in [0.1, 0.15) is 11.6 Å². The largest absolute Gasteiger partial charge is 0.493 e. The molecule has 0 bridgehead atoms. The van der Waals surface area contributed by atoms with E-state index >= 15 is 0 Å². The molecule has 0 radical (unpaired) electrons. The third-order valence-electron chi connectivity index (χ3n) is 5.15. The zero-order chi connectivity index (χ0) is 20.3. The van der Waals surface area contributed by atoms with Gasteiger partial charge in [0, 0.05) is 23.7 Å². The van der Waals surface area contributed by atoms with Crippen molar-refractivity contribution >= 4 is 5.97 Å². The highest BCUT2D eigenvalue weighted by Gasteiger charge is 2.34. The lowest BCUT2D eigenvalue weighted by molar-refractivity contribution is -0.143. The Kier molecular flexibility index (Phi) is 6.14. The molecule has 2 aromatic rings. The van der Waals surface area contributed by atoms with Crippen molar-refractivity contribution in [2.45, 2.75) is 18.9 Å². The van der Waals surface area contributed by atoms with Gasteiger partial charge in [-0.1, -0.05) is 18.2 Å². The number of methoxy groups -OCH3 is 2. The van der Waals surface area contributed by atoms with Crippen LogP contribution >= 0.6 is 0 Å². The molecule has 0 aromatic heterocycles. The van der Waals surface area contributed by atoms with E-state index in [2.05, 4.69) is 0 Å². The van der Waals surface area contributed by atoms with E-state index in [4.69, 9.17) is 9.47 Å². The molecule has 3 rings (SSSR count). The minimum absolute atomic E-state index is 0.261. The van der Waals surface area contributed by atoms with Crippen LogP contribution in [0.1, 0.15) is 30.0 Å². The average Bonchev–Trinajstić information content (AvgIpc) is 2.69. The quantitative estimate of drug-likeness (QED) is 0.810. The Hall–Kier alpha value is -2.67. The average molecular weight is 391 g/mol. The fourth-order valence-corrected chi connectivity index (χ4v) is 3.85. The third-order valence-corrected chi connectivity index (χ3v) is 5.15. The van der Waals surface area contributed by atoms with Crippen molar-refractivity contribution in [1.29, 1.82) is 0 Å². The molecule has 0 amide bonds. The van der Waals surface area contributed by atoms with Gasteiger partial charge in [0.2, 0.25) is 0 Å². The van der Waals surface area contributed by atoms with Crippen molar-refractivity contribution in [3.63, 3.8) is 0 Å². The molecule has 1 aliphatic rings. The van der Waals surface area contributed by atoms with Crippen molar-refractivity contribution < 1.29 is 28.2 Å². The number of hydrogen-bond acceptors (Lipinski definition) is 4. The second-order valence-electron chi connectivity index (χ2n) is 6.82. The van der Waals surface area contributed by atoms with E-state index in [0.717, 1.165) is 6.07 Å². The zero-order valence-corrected chi connectivity index (χ0v) is 15.8. The molecule has 28 heavy (non-hydrogen) atoms. The van der Waals surface area contributed by atoms with Gasteiger partial charge in [0.25, 0.3) is 0 Å². The molecule has 2 aromatic carbocycles. The van der Waals surface area contributed by atoms with Crippen LogP contribution in [0.15, 0.2) is 36.4 Å². The molecule has 0 saturated carbocycles. The summed E-state index contributed by atoms with van der Waals surface area (Å²) in [5.41, 5.74) is 0.900. The first-order chi connectivity index (χ1) is 13.5. The van der Waals surface area contributed by atoms with E-state index in [1.165, 1.54) is 26.4 Å². The minimum Gasteiger partial charge on any atom is -0.493 e. The Labute approximate surface area is 162 Å². The van der Waals surface area contributed by atoms with Gasteiger partial charge in [-0.05, 0) is 31.5 Å². The van der Waals surface area contributed by atoms with E-state index in [1.54, 1.807) is 18.2 Å². The normalized spacial score (nSPS) is 18.5. The Bertz CT molecular complexity index is 858. The molecular weight excluding hydrogens is 368 g/mol. The Morgan fingerprint density at radius 2 is 1.96 bits per heavy atom. The molecule has 2 unspecified atom stereocenters. The predicted octanol–water partition coefficient (Wildman–Crippen LogP) is 3.87. The lowest BCUT2D eigenvalue weighted by atomic mass is 9.90. The minimum atomic E-state index is -0.874. The summed E-state index contributed by atoms with van der Waals surface area (Å²) in [6, 6.07) is 8.11.